The van der Waals surface area contributed by atoms with Gasteiger partial charge in [-0.25, -0.2) is 22.4 Å². The second-order valence-corrected chi connectivity index (χ2v) is 16.6. The lowest BCUT2D eigenvalue weighted by molar-refractivity contribution is 0.00589. The van der Waals surface area contributed by atoms with Crippen molar-refractivity contribution in [3.05, 3.63) is 84.2 Å². The number of piperidine rings is 1. The Balaban J connectivity index is 1.16. The molecule has 0 radical (unpaired) electrons. The first-order valence-electron chi connectivity index (χ1n) is 18.8. The molecular weight excluding hydrogens is 719 g/mol. The molecule has 3 aromatic carbocycles. The molecule has 3 aliphatic heterocycles. The predicted molar refractivity (Wildman–Crippen MR) is 211 cm³/mol. The van der Waals surface area contributed by atoms with E-state index in [9.17, 15) is 18.3 Å². The van der Waals surface area contributed by atoms with Crippen molar-refractivity contribution in [2.45, 2.75) is 36.8 Å². The third-order valence-electron chi connectivity index (χ3n) is 11.2. The zero-order valence-electron chi connectivity index (χ0n) is 31.7. The van der Waals surface area contributed by atoms with Crippen LogP contribution < -0.4 is 14.4 Å². The van der Waals surface area contributed by atoms with Crippen LogP contribution in [0.1, 0.15) is 28.8 Å². The van der Waals surface area contributed by atoms with Gasteiger partial charge in [-0.3, -0.25) is 9.69 Å². The van der Waals surface area contributed by atoms with Gasteiger partial charge in [-0.1, -0.05) is 29.8 Å². The van der Waals surface area contributed by atoms with Crippen LogP contribution in [0.3, 0.4) is 0 Å². The van der Waals surface area contributed by atoms with Gasteiger partial charge in [0.15, 0.2) is 5.65 Å². The Bertz CT molecular complexity index is 2280. The molecule has 0 spiro atoms. The number of rotatable bonds is 9. The second-order valence-electron chi connectivity index (χ2n) is 14.8. The number of aryl methyl sites for hydroxylation is 1. The number of hydrogen-bond donors (Lipinski definition) is 1. The van der Waals surface area contributed by atoms with Crippen LogP contribution in [0.25, 0.3) is 33.5 Å². The molecule has 3 saturated heterocycles. The maximum Gasteiger partial charge on any atom is 0.269 e. The SMILES string of the molecule is COc1cc(-c2cnc3c(n2)c(-c2ccc(C(=O)N4CC(O)C4)cc2)cn3S(=O)(=O)c2ccc(C)cc2)cc(OC)c1N1CCN(C2CCN(C)CC2)CC1. The fourth-order valence-electron chi connectivity index (χ4n) is 7.94. The van der Waals surface area contributed by atoms with Gasteiger partial charge in [-0.05, 0) is 81.9 Å². The summed E-state index contributed by atoms with van der Waals surface area (Å²) < 4.78 is 41.4. The number of carbonyl (C=O) groups is 1. The molecular formula is C41H47N7O6S. The zero-order valence-corrected chi connectivity index (χ0v) is 32.5. The summed E-state index contributed by atoms with van der Waals surface area (Å²) in [6.07, 6.45) is 5.01. The summed E-state index contributed by atoms with van der Waals surface area (Å²) in [7, 11) is 1.44. The number of carbonyl (C=O) groups excluding carboxylic acids is 1. The van der Waals surface area contributed by atoms with Crippen molar-refractivity contribution in [1.82, 2.24) is 28.6 Å². The van der Waals surface area contributed by atoms with Crippen molar-refractivity contribution in [2.75, 3.05) is 78.5 Å². The number of β-amino-alcohol motifs (C(OH)–C–C–N with tert-alkyl or cyclic N) is 1. The number of amides is 1. The van der Waals surface area contributed by atoms with E-state index in [-0.39, 0.29) is 16.4 Å². The molecule has 5 aromatic rings. The second kappa shape index (κ2) is 14.9. The number of benzene rings is 3. The standard InChI is InChI=1S/C41H47N7O6S/c1-27-5-11-33(12-6-27)55(51,52)48-26-34(28-7-9-29(10-8-28)41(50)47-24-32(49)25-47)38-40(48)42-23-35(43-38)30-21-36(53-3)39(37(22-30)54-4)46-19-17-45(18-20-46)31-13-15-44(2)16-14-31/h5-12,21-23,26,31-32,49H,13-20,24-25H2,1-4H3. The van der Waals surface area contributed by atoms with E-state index < -0.39 is 16.1 Å². The highest BCUT2D eigenvalue weighted by Gasteiger charge is 2.31. The Morgan fingerprint density at radius 1 is 0.855 bits per heavy atom. The number of aromatic nitrogens is 3. The van der Waals surface area contributed by atoms with Crippen molar-refractivity contribution < 1.29 is 27.8 Å². The van der Waals surface area contributed by atoms with E-state index in [2.05, 4.69) is 21.7 Å². The number of ether oxygens (including phenoxy) is 2. The third-order valence-corrected chi connectivity index (χ3v) is 12.9. The summed E-state index contributed by atoms with van der Waals surface area (Å²) in [6, 6.07) is 18.1. The number of piperazine rings is 1. The summed E-state index contributed by atoms with van der Waals surface area (Å²) in [4.78, 5) is 31.8. The Morgan fingerprint density at radius 3 is 2.09 bits per heavy atom. The van der Waals surface area contributed by atoms with Crippen LogP contribution in [0, 0.1) is 6.92 Å². The average molecular weight is 766 g/mol. The number of fused-ring (bicyclic) bond motifs is 1. The van der Waals surface area contributed by atoms with Gasteiger partial charge < -0.3 is 29.3 Å². The number of methoxy groups -OCH3 is 2. The molecule has 3 aliphatic rings. The van der Waals surface area contributed by atoms with Crippen LogP contribution in [-0.2, 0) is 10.0 Å². The molecule has 288 valence electrons. The van der Waals surface area contributed by atoms with E-state index in [0.29, 0.717) is 64.1 Å². The van der Waals surface area contributed by atoms with Crippen molar-refractivity contribution in [3.8, 4) is 33.9 Å². The molecule has 0 bridgehead atoms. The Morgan fingerprint density at radius 2 is 1.49 bits per heavy atom. The van der Waals surface area contributed by atoms with E-state index in [0.717, 1.165) is 50.5 Å². The molecule has 1 amide bonds. The van der Waals surface area contributed by atoms with Gasteiger partial charge >= 0.3 is 0 Å². The maximum atomic E-state index is 14.1. The molecule has 55 heavy (non-hydrogen) atoms. The fraction of sp³-hybridized carbons (Fsp3) is 0.390. The van der Waals surface area contributed by atoms with E-state index in [1.807, 2.05) is 19.1 Å². The molecule has 3 fully saturated rings. The number of anilines is 1. The Hall–Kier alpha value is -5.02. The molecule has 13 nitrogen and oxygen atoms in total. The summed E-state index contributed by atoms with van der Waals surface area (Å²) in [6.45, 7) is 8.40. The lowest BCUT2D eigenvalue weighted by atomic mass is 10.0. The third kappa shape index (κ3) is 7.03. The number of nitrogens with zero attached hydrogens (tertiary/aromatic N) is 7. The van der Waals surface area contributed by atoms with Gasteiger partial charge in [0.05, 0.1) is 37.1 Å². The number of likely N-dealkylation sites (tertiary alicyclic amines) is 2. The Labute approximate surface area is 321 Å². The summed E-state index contributed by atoms with van der Waals surface area (Å²) >= 11 is 0. The van der Waals surface area contributed by atoms with Crippen molar-refractivity contribution in [2.24, 2.45) is 0 Å². The monoisotopic (exact) mass is 765 g/mol. The molecule has 5 heterocycles. The minimum atomic E-state index is -4.06. The lowest BCUT2D eigenvalue weighted by Gasteiger charge is -2.43. The van der Waals surface area contributed by atoms with Crippen LogP contribution in [0.15, 0.2) is 78.0 Å². The van der Waals surface area contributed by atoms with Gasteiger partial charge in [-0.15, -0.1) is 0 Å². The van der Waals surface area contributed by atoms with Crippen molar-refractivity contribution in [1.29, 1.82) is 0 Å². The van der Waals surface area contributed by atoms with E-state index in [1.165, 1.54) is 16.8 Å². The number of aliphatic hydroxyl groups is 1. The van der Waals surface area contributed by atoms with Gasteiger partial charge in [0.1, 0.15) is 22.7 Å². The van der Waals surface area contributed by atoms with E-state index in [1.54, 1.807) is 80.0 Å². The smallest absolute Gasteiger partial charge is 0.269 e. The van der Waals surface area contributed by atoms with Crippen LogP contribution in [0.2, 0.25) is 0 Å². The van der Waals surface area contributed by atoms with Crippen molar-refractivity contribution in [3.63, 3.8) is 0 Å². The van der Waals surface area contributed by atoms with Crippen LogP contribution in [0.5, 0.6) is 11.5 Å². The van der Waals surface area contributed by atoms with Gasteiger partial charge in [0.25, 0.3) is 15.9 Å². The van der Waals surface area contributed by atoms with Crippen molar-refractivity contribution >= 4 is 32.8 Å². The van der Waals surface area contributed by atoms with Crippen LogP contribution >= 0.6 is 0 Å². The lowest BCUT2D eigenvalue weighted by Crippen LogP contribution is -2.53. The number of aliphatic hydroxyl groups excluding tert-OH is 1. The van der Waals surface area contributed by atoms with Gasteiger partial charge in [0, 0.05) is 68.2 Å². The molecule has 2 aromatic heterocycles. The minimum absolute atomic E-state index is 0.127. The topological polar surface area (TPSA) is 134 Å². The normalized spacial score (nSPS) is 17.8. The quantitative estimate of drug-likeness (QED) is 0.230. The van der Waals surface area contributed by atoms with Gasteiger partial charge in [0.2, 0.25) is 0 Å². The van der Waals surface area contributed by atoms with Crippen LogP contribution in [0.4, 0.5) is 5.69 Å². The van der Waals surface area contributed by atoms with Gasteiger partial charge in [-0.2, -0.15) is 0 Å². The summed E-state index contributed by atoms with van der Waals surface area (Å²) in [5, 5.41) is 9.69. The predicted octanol–water partition coefficient (Wildman–Crippen LogP) is 4.36. The molecule has 14 heteroatoms. The zero-order chi connectivity index (χ0) is 38.4. The minimum Gasteiger partial charge on any atom is -0.494 e. The van der Waals surface area contributed by atoms with E-state index in [4.69, 9.17) is 19.4 Å². The Kier molecular flexibility index (Phi) is 10.0. The van der Waals surface area contributed by atoms with Crippen LogP contribution in [-0.4, -0.2) is 134 Å². The highest BCUT2D eigenvalue weighted by atomic mass is 32.2. The highest BCUT2D eigenvalue weighted by molar-refractivity contribution is 7.90. The van der Waals surface area contributed by atoms with E-state index >= 15 is 0 Å². The summed E-state index contributed by atoms with van der Waals surface area (Å²) in [5.41, 5.74) is 5.28. The fourth-order valence-corrected chi connectivity index (χ4v) is 9.25. The maximum absolute atomic E-state index is 14.1. The molecule has 0 saturated carbocycles. The first-order chi connectivity index (χ1) is 26.5. The first kappa shape index (κ1) is 36.9. The highest BCUT2D eigenvalue weighted by Crippen LogP contribution is 2.43. The largest absolute Gasteiger partial charge is 0.494 e. The molecule has 0 unspecified atom stereocenters. The molecule has 0 aliphatic carbocycles. The molecule has 1 N–H and O–H groups in total. The molecule has 0 atom stereocenters. The summed E-state index contributed by atoms with van der Waals surface area (Å²) in [5.74, 6) is 1.13. The average Bonchev–Trinajstić information content (AvgIpc) is 3.59. The number of hydrogen-bond acceptors (Lipinski definition) is 11. The first-order valence-corrected chi connectivity index (χ1v) is 20.2. The molecule has 8 rings (SSSR count).